The first-order valence-electron chi connectivity index (χ1n) is 11.3. The Morgan fingerprint density at radius 2 is 1.35 bits per heavy atom. The van der Waals surface area contributed by atoms with Crippen molar-refractivity contribution in [1.82, 2.24) is 31.2 Å². The number of hydrogen-bond acceptors (Lipinski definition) is 8. The molecule has 2 aliphatic carbocycles. The topological polar surface area (TPSA) is 173 Å². The number of carbonyl (C=O) groups is 3. The van der Waals surface area contributed by atoms with Gasteiger partial charge in [-0.25, -0.2) is 38.0 Å². The summed E-state index contributed by atoms with van der Waals surface area (Å²) in [4.78, 5) is 38.6. The summed E-state index contributed by atoms with van der Waals surface area (Å²) in [7, 11) is 0. The Morgan fingerprint density at radius 1 is 0.892 bits per heavy atom. The van der Waals surface area contributed by atoms with Crippen molar-refractivity contribution in [3.05, 3.63) is 12.2 Å². The Hall–Kier alpha value is -3.17. The first kappa shape index (κ1) is 30.1. The second kappa shape index (κ2) is 9.95. The van der Waals surface area contributed by atoms with Crippen molar-refractivity contribution in [2.75, 3.05) is 0 Å². The quantitative estimate of drug-likeness (QED) is 0.168. The molecule has 0 aliphatic heterocycles. The van der Waals surface area contributed by atoms with Crippen molar-refractivity contribution in [2.24, 2.45) is 5.84 Å². The average Bonchev–Trinajstić information content (AvgIpc) is 3.16. The Bertz CT molecular complexity index is 974. The molecule has 0 atom stereocenters. The third-order valence-electron chi connectivity index (χ3n) is 5.16. The van der Waals surface area contributed by atoms with Gasteiger partial charge in [0, 0.05) is 25.7 Å². The van der Waals surface area contributed by atoms with Gasteiger partial charge in [-0.1, -0.05) is 0 Å². The van der Waals surface area contributed by atoms with E-state index in [4.69, 9.17) is 15.3 Å². The molecule has 0 radical (unpaired) electrons. The molecule has 0 bridgehead atoms. The van der Waals surface area contributed by atoms with Gasteiger partial charge in [0.1, 0.15) is 28.6 Å². The Morgan fingerprint density at radius 3 is 1.70 bits per heavy atom. The van der Waals surface area contributed by atoms with E-state index in [0.717, 1.165) is 0 Å². The normalized spacial score (nSPS) is 20.5. The number of aromatic amines is 1. The van der Waals surface area contributed by atoms with Gasteiger partial charge >= 0.3 is 12.2 Å². The Labute approximate surface area is 210 Å². The lowest BCUT2D eigenvalue weighted by Gasteiger charge is -2.45. The highest BCUT2D eigenvalue weighted by Gasteiger charge is 2.62. The fourth-order valence-corrected chi connectivity index (χ4v) is 3.86. The SMILES string of the molecule is CC(C)(C)OC(=O)NC1(C(=O)NN)CC(F)(F)C1.CC(C)(C)OC(=O)NC1(c2ncn[nH]2)CC(F)(F)C1. The highest BCUT2D eigenvalue weighted by Crippen LogP contribution is 2.50. The van der Waals surface area contributed by atoms with E-state index in [1.165, 1.54) is 6.33 Å². The fraction of sp³-hybridized carbons (Fsp3) is 0.762. The molecule has 0 aromatic carbocycles. The van der Waals surface area contributed by atoms with Crippen LogP contribution >= 0.6 is 0 Å². The van der Waals surface area contributed by atoms with E-state index in [2.05, 4.69) is 25.8 Å². The third-order valence-corrected chi connectivity index (χ3v) is 5.16. The first-order valence-corrected chi connectivity index (χ1v) is 11.3. The predicted molar refractivity (Wildman–Crippen MR) is 120 cm³/mol. The number of rotatable bonds is 4. The summed E-state index contributed by atoms with van der Waals surface area (Å²) >= 11 is 0. The van der Waals surface area contributed by atoms with Crippen LogP contribution in [-0.2, 0) is 19.8 Å². The molecule has 2 saturated carbocycles. The van der Waals surface area contributed by atoms with Crippen LogP contribution < -0.4 is 21.9 Å². The van der Waals surface area contributed by atoms with Gasteiger partial charge in [-0.15, -0.1) is 0 Å². The first-order chi connectivity index (χ1) is 16.6. The van der Waals surface area contributed by atoms with E-state index >= 15 is 0 Å². The Kier molecular flexibility index (Phi) is 8.08. The second-order valence-corrected chi connectivity index (χ2v) is 11.1. The van der Waals surface area contributed by atoms with Crippen LogP contribution in [0.15, 0.2) is 6.33 Å². The number of aromatic nitrogens is 3. The molecule has 0 spiro atoms. The summed E-state index contributed by atoms with van der Waals surface area (Å²) < 4.78 is 62.1. The highest BCUT2D eigenvalue weighted by molar-refractivity contribution is 5.91. The number of hydrogen-bond donors (Lipinski definition) is 5. The van der Waals surface area contributed by atoms with Gasteiger partial charge in [-0.2, -0.15) is 5.10 Å². The van der Waals surface area contributed by atoms with E-state index in [-0.39, 0.29) is 5.82 Å². The van der Waals surface area contributed by atoms with E-state index in [9.17, 15) is 31.9 Å². The average molecular weight is 540 g/mol. The van der Waals surface area contributed by atoms with Gasteiger partial charge in [-0.05, 0) is 41.5 Å². The maximum atomic E-state index is 13.2. The number of hydrazine groups is 1. The predicted octanol–water partition coefficient (Wildman–Crippen LogP) is 2.62. The molecule has 16 heteroatoms. The van der Waals surface area contributed by atoms with Crippen LogP contribution in [0.25, 0.3) is 0 Å². The van der Waals surface area contributed by atoms with Crippen molar-refractivity contribution < 1.29 is 41.4 Å². The smallest absolute Gasteiger partial charge is 0.408 e. The van der Waals surface area contributed by atoms with Crippen LogP contribution in [0.4, 0.5) is 27.2 Å². The van der Waals surface area contributed by atoms with Crippen LogP contribution in [-0.4, -0.2) is 61.9 Å². The zero-order valence-electron chi connectivity index (χ0n) is 21.4. The van der Waals surface area contributed by atoms with E-state index in [1.807, 2.05) is 0 Å². The van der Waals surface area contributed by atoms with E-state index in [1.54, 1.807) is 47.0 Å². The molecule has 2 fully saturated rings. The van der Waals surface area contributed by atoms with Gasteiger partial charge in [-0.3, -0.25) is 15.3 Å². The summed E-state index contributed by atoms with van der Waals surface area (Å²) in [5.41, 5.74) is -2.63. The van der Waals surface area contributed by atoms with Gasteiger partial charge in [0.15, 0.2) is 5.82 Å². The zero-order chi connectivity index (χ0) is 28.5. The zero-order valence-corrected chi connectivity index (χ0v) is 21.4. The molecule has 210 valence electrons. The molecule has 3 amide bonds. The third kappa shape index (κ3) is 8.16. The molecule has 3 rings (SSSR count). The number of nitrogens with two attached hydrogens (primary N) is 1. The molecule has 1 aromatic rings. The molecule has 2 aliphatic rings. The maximum absolute atomic E-state index is 13.2. The summed E-state index contributed by atoms with van der Waals surface area (Å²) in [6, 6.07) is 0. The molecule has 1 aromatic heterocycles. The lowest BCUT2D eigenvalue weighted by molar-refractivity contribution is -0.161. The van der Waals surface area contributed by atoms with Crippen LogP contribution in [0, 0.1) is 0 Å². The van der Waals surface area contributed by atoms with Gasteiger partial charge in [0.2, 0.25) is 0 Å². The number of alkyl carbamates (subject to hydrolysis) is 2. The largest absolute Gasteiger partial charge is 0.444 e. The van der Waals surface area contributed by atoms with Crippen molar-refractivity contribution >= 4 is 18.1 Å². The molecular weight excluding hydrogens is 506 g/mol. The maximum Gasteiger partial charge on any atom is 0.408 e. The van der Waals surface area contributed by atoms with E-state index in [0.29, 0.717) is 0 Å². The van der Waals surface area contributed by atoms with Crippen molar-refractivity contribution in [3.63, 3.8) is 0 Å². The minimum Gasteiger partial charge on any atom is -0.444 e. The Balaban J connectivity index is 0.000000261. The standard InChI is InChI=1S/C11H16F2N4O2.C10H17F2N3O3/c1-9(2,3)19-8(18)16-10(4-11(12,13)5-10)7-14-6-15-17-7;1-8(2,3)18-7(17)14-9(6(16)15-13)4-10(11,12)5-9/h6H,4-5H2,1-3H3,(H,16,18)(H,14,15,17);4-5,13H2,1-3H3,(H,14,17)(H,15,16). The minimum absolute atomic E-state index is 0.212. The number of H-pyrrole nitrogens is 1. The molecular formula is C21H33F4N7O5. The van der Waals surface area contributed by atoms with Crippen LogP contribution in [0.3, 0.4) is 0 Å². The summed E-state index contributed by atoms with van der Waals surface area (Å²) in [5.74, 6) is -1.53. The van der Waals surface area contributed by atoms with Crippen molar-refractivity contribution in [3.8, 4) is 0 Å². The number of amides is 3. The van der Waals surface area contributed by atoms with Crippen LogP contribution in [0.2, 0.25) is 0 Å². The molecule has 12 nitrogen and oxygen atoms in total. The summed E-state index contributed by atoms with van der Waals surface area (Å²) in [6.45, 7) is 9.96. The number of alkyl halides is 4. The molecule has 0 unspecified atom stereocenters. The van der Waals surface area contributed by atoms with Gasteiger partial charge < -0.3 is 20.1 Å². The lowest BCUT2D eigenvalue weighted by Crippen LogP contribution is -2.70. The van der Waals surface area contributed by atoms with Crippen molar-refractivity contribution in [2.45, 2.75) is 101 Å². The second-order valence-electron chi connectivity index (χ2n) is 11.1. The van der Waals surface area contributed by atoms with Gasteiger partial charge in [0.05, 0.1) is 0 Å². The fourth-order valence-electron chi connectivity index (χ4n) is 3.86. The molecule has 1 heterocycles. The molecule has 6 N–H and O–H groups in total. The number of nitrogens with one attached hydrogen (secondary N) is 4. The summed E-state index contributed by atoms with van der Waals surface area (Å²) in [5, 5.41) is 10.8. The molecule has 37 heavy (non-hydrogen) atoms. The number of carbonyl (C=O) groups excluding carboxylic acids is 3. The minimum atomic E-state index is -2.98. The molecule has 0 saturated heterocycles. The lowest BCUT2D eigenvalue weighted by atomic mass is 9.73. The van der Waals surface area contributed by atoms with Crippen LogP contribution in [0.5, 0.6) is 0 Å². The number of nitrogens with zero attached hydrogens (tertiary/aromatic N) is 2. The number of ether oxygens (including phenoxy) is 2. The monoisotopic (exact) mass is 539 g/mol. The van der Waals surface area contributed by atoms with Crippen LogP contribution in [0.1, 0.15) is 73.1 Å². The number of halogens is 4. The van der Waals surface area contributed by atoms with E-state index < -0.39 is 77.9 Å². The summed E-state index contributed by atoms with van der Waals surface area (Å²) in [6.07, 6.45) is -3.08. The van der Waals surface area contributed by atoms with Crippen molar-refractivity contribution in [1.29, 1.82) is 0 Å². The van der Waals surface area contributed by atoms with Gasteiger partial charge in [0.25, 0.3) is 17.8 Å². The highest BCUT2D eigenvalue weighted by atomic mass is 19.3.